The second-order valence-electron chi connectivity index (χ2n) is 3.89. The molecule has 0 bridgehead atoms. The third-order valence-corrected chi connectivity index (χ3v) is 4.41. The van der Waals surface area contributed by atoms with Gasteiger partial charge in [0.2, 0.25) is 5.91 Å². The van der Waals surface area contributed by atoms with Crippen LogP contribution in [0, 0.1) is 5.82 Å². The highest BCUT2D eigenvalue weighted by Crippen LogP contribution is 2.27. The summed E-state index contributed by atoms with van der Waals surface area (Å²) in [6, 6.07) is 11.7. The van der Waals surface area contributed by atoms with Crippen molar-refractivity contribution >= 4 is 50.9 Å². The third kappa shape index (κ3) is 4.23. The first-order valence-electron chi connectivity index (χ1n) is 5.68. The maximum Gasteiger partial charge on any atom is 0.234 e. The van der Waals surface area contributed by atoms with Gasteiger partial charge in [-0.25, -0.2) is 4.39 Å². The minimum absolute atomic E-state index is 0.165. The van der Waals surface area contributed by atoms with Crippen LogP contribution in [0.5, 0.6) is 0 Å². The zero-order valence-electron chi connectivity index (χ0n) is 10.2. The van der Waals surface area contributed by atoms with Crippen LogP contribution in [-0.2, 0) is 4.79 Å². The Morgan fingerprint density at radius 3 is 2.75 bits per heavy atom. The first kappa shape index (κ1) is 15.4. The molecular weight excluding hydrogens is 365 g/mol. The fraction of sp³-hybridized carbons (Fsp3) is 0.0714. The maximum absolute atomic E-state index is 13.6. The lowest BCUT2D eigenvalue weighted by Crippen LogP contribution is -2.15. The van der Waals surface area contributed by atoms with Gasteiger partial charge in [-0.1, -0.05) is 39.7 Å². The number of carbonyl (C=O) groups excluding carboxylic acids is 1. The van der Waals surface area contributed by atoms with Crippen molar-refractivity contribution in [3.63, 3.8) is 0 Å². The Bertz CT molecular complexity index is 638. The van der Waals surface area contributed by atoms with Gasteiger partial charge < -0.3 is 5.32 Å². The van der Waals surface area contributed by atoms with Gasteiger partial charge in [0.25, 0.3) is 0 Å². The molecule has 2 nitrogen and oxygen atoms in total. The minimum atomic E-state index is -0.476. The van der Waals surface area contributed by atoms with Crippen LogP contribution < -0.4 is 5.32 Å². The molecular formula is C14H10BrClFNOS. The fourth-order valence-electron chi connectivity index (χ4n) is 1.48. The molecule has 2 aromatic carbocycles. The lowest BCUT2D eigenvalue weighted by Gasteiger charge is -2.07. The number of rotatable bonds is 4. The molecule has 0 saturated heterocycles. The van der Waals surface area contributed by atoms with Crippen LogP contribution in [0.3, 0.4) is 0 Å². The summed E-state index contributed by atoms with van der Waals surface area (Å²) >= 11 is 10.5. The van der Waals surface area contributed by atoms with Gasteiger partial charge in [-0.2, -0.15) is 0 Å². The Hall–Kier alpha value is -1.04. The lowest BCUT2D eigenvalue weighted by atomic mass is 10.3. The van der Waals surface area contributed by atoms with Crippen molar-refractivity contribution < 1.29 is 9.18 Å². The second kappa shape index (κ2) is 7.11. The van der Waals surface area contributed by atoms with Crippen molar-refractivity contribution in [3.05, 3.63) is 57.8 Å². The van der Waals surface area contributed by atoms with Crippen LogP contribution in [0.1, 0.15) is 0 Å². The first-order chi connectivity index (χ1) is 9.56. The number of hydrogen-bond acceptors (Lipinski definition) is 2. The molecule has 6 heteroatoms. The number of nitrogens with one attached hydrogen (secondary N) is 1. The quantitative estimate of drug-likeness (QED) is 0.765. The van der Waals surface area contributed by atoms with Crippen LogP contribution in [0.2, 0.25) is 5.02 Å². The molecule has 0 fully saturated rings. The van der Waals surface area contributed by atoms with Gasteiger partial charge in [-0.05, 0) is 30.3 Å². The summed E-state index contributed by atoms with van der Waals surface area (Å²) in [7, 11) is 0. The van der Waals surface area contributed by atoms with E-state index in [4.69, 9.17) is 11.6 Å². The van der Waals surface area contributed by atoms with Crippen LogP contribution >= 0.6 is 39.3 Å². The molecule has 0 atom stereocenters. The molecule has 0 spiro atoms. The largest absolute Gasteiger partial charge is 0.323 e. The Morgan fingerprint density at radius 1 is 1.30 bits per heavy atom. The van der Waals surface area contributed by atoms with Gasteiger partial charge in [-0.3, -0.25) is 4.79 Å². The van der Waals surface area contributed by atoms with Gasteiger partial charge in [0.15, 0.2) is 0 Å². The van der Waals surface area contributed by atoms with Crippen molar-refractivity contribution in [1.82, 2.24) is 0 Å². The van der Waals surface area contributed by atoms with Gasteiger partial charge >= 0.3 is 0 Å². The molecule has 0 unspecified atom stereocenters. The molecule has 2 rings (SSSR count). The summed E-state index contributed by atoms with van der Waals surface area (Å²) in [5.41, 5.74) is 0.165. The summed E-state index contributed by atoms with van der Waals surface area (Å²) in [5.74, 6) is -0.592. The average Bonchev–Trinajstić information content (AvgIpc) is 2.41. The lowest BCUT2D eigenvalue weighted by molar-refractivity contribution is -0.113. The van der Waals surface area contributed by atoms with E-state index in [0.29, 0.717) is 9.50 Å². The summed E-state index contributed by atoms with van der Waals surface area (Å²) in [5, 5.41) is 3.13. The topological polar surface area (TPSA) is 29.1 Å². The first-order valence-corrected chi connectivity index (χ1v) is 7.84. The van der Waals surface area contributed by atoms with Gasteiger partial charge in [0.1, 0.15) is 5.82 Å². The predicted molar refractivity (Wildman–Crippen MR) is 84.9 cm³/mol. The molecule has 0 saturated carbocycles. The number of anilines is 1. The van der Waals surface area contributed by atoms with E-state index in [9.17, 15) is 9.18 Å². The van der Waals surface area contributed by atoms with Crippen LogP contribution in [0.4, 0.5) is 10.1 Å². The number of amides is 1. The number of carbonyl (C=O) groups is 1. The van der Waals surface area contributed by atoms with Gasteiger partial charge in [0.05, 0.1) is 16.5 Å². The molecule has 0 aromatic heterocycles. The van der Waals surface area contributed by atoms with Crippen molar-refractivity contribution in [2.24, 2.45) is 0 Å². The smallest absolute Gasteiger partial charge is 0.234 e. The molecule has 2 aromatic rings. The molecule has 0 radical (unpaired) electrons. The highest BCUT2D eigenvalue weighted by Gasteiger charge is 2.09. The minimum Gasteiger partial charge on any atom is -0.323 e. The molecule has 1 N–H and O–H groups in total. The Labute approximate surface area is 133 Å². The number of halogens is 3. The Balaban J connectivity index is 1.94. The Morgan fingerprint density at radius 2 is 2.05 bits per heavy atom. The molecule has 0 heterocycles. The Kier molecular flexibility index (Phi) is 5.46. The highest BCUT2D eigenvalue weighted by atomic mass is 79.9. The SMILES string of the molecule is O=C(CSc1ccccc1Cl)Nc1ccc(Br)cc1F. The zero-order chi connectivity index (χ0) is 14.5. The van der Waals surface area contributed by atoms with E-state index < -0.39 is 5.82 Å². The van der Waals surface area contributed by atoms with Crippen molar-refractivity contribution in [1.29, 1.82) is 0 Å². The summed E-state index contributed by atoms with van der Waals surface area (Å²) in [6.07, 6.45) is 0. The molecule has 0 aliphatic carbocycles. The second-order valence-corrected chi connectivity index (χ2v) is 6.23. The summed E-state index contributed by atoms with van der Waals surface area (Å²) < 4.78 is 14.2. The fourth-order valence-corrected chi connectivity index (χ4v) is 2.85. The number of hydrogen-bond donors (Lipinski definition) is 1. The summed E-state index contributed by atoms with van der Waals surface area (Å²) in [4.78, 5) is 12.6. The monoisotopic (exact) mass is 373 g/mol. The van der Waals surface area contributed by atoms with E-state index in [1.54, 1.807) is 12.1 Å². The van der Waals surface area contributed by atoms with E-state index in [2.05, 4.69) is 21.2 Å². The maximum atomic E-state index is 13.6. The summed E-state index contributed by atoms with van der Waals surface area (Å²) in [6.45, 7) is 0. The van der Waals surface area contributed by atoms with E-state index >= 15 is 0 Å². The molecule has 0 aliphatic rings. The molecule has 0 aliphatic heterocycles. The van der Waals surface area contributed by atoms with Crippen LogP contribution in [0.15, 0.2) is 51.8 Å². The number of benzene rings is 2. The van der Waals surface area contributed by atoms with Crippen LogP contribution in [0.25, 0.3) is 0 Å². The van der Waals surface area contributed by atoms with Gasteiger partial charge in [-0.15, -0.1) is 11.8 Å². The van der Waals surface area contributed by atoms with E-state index in [0.717, 1.165) is 4.90 Å². The average molecular weight is 375 g/mol. The molecule has 104 valence electrons. The molecule has 1 amide bonds. The third-order valence-electron chi connectivity index (χ3n) is 2.40. The van der Waals surface area contributed by atoms with Gasteiger partial charge in [0, 0.05) is 9.37 Å². The standard InChI is InChI=1S/C14H10BrClFNOS/c15-9-5-6-12(11(17)7-9)18-14(19)8-20-13-4-2-1-3-10(13)16/h1-7H,8H2,(H,18,19). The predicted octanol–water partition coefficient (Wildman–Crippen LogP) is 4.97. The van der Waals surface area contributed by atoms with E-state index in [-0.39, 0.29) is 17.3 Å². The van der Waals surface area contributed by atoms with Crippen molar-refractivity contribution in [3.8, 4) is 0 Å². The number of thioether (sulfide) groups is 1. The van der Waals surface area contributed by atoms with Crippen LogP contribution in [-0.4, -0.2) is 11.7 Å². The normalized spacial score (nSPS) is 10.3. The highest BCUT2D eigenvalue weighted by molar-refractivity contribution is 9.10. The zero-order valence-corrected chi connectivity index (χ0v) is 13.4. The van der Waals surface area contributed by atoms with Crippen molar-refractivity contribution in [2.75, 3.05) is 11.1 Å². The van der Waals surface area contributed by atoms with E-state index in [1.807, 2.05) is 18.2 Å². The van der Waals surface area contributed by atoms with Crippen molar-refractivity contribution in [2.45, 2.75) is 4.90 Å². The molecule has 20 heavy (non-hydrogen) atoms. The van der Waals surface area contributed by atoms with E-state index in [1.165, 1.54) is 23.9 Å².